The van der Waals surface area contributed by atoms with Gasteiger partial charge in [-0.1, -0.05) is 67.7 Å². The molecule has 0 N–H and O–H groups in total. The second-order valence-electron chi connectivity index (χ2n) is 8.12. The van der Waals surface area contributed by atoms with E-state index >= 15 is 0 Å². The van der Waals surface area contributed by atoms with Crippen LogP contribution >= 0.6 is 35.7 Å². The Kier molecular flexibility index (Phi) is 9.20. The number of hydrogen-bond acceptors (Lipinski definition) is 6. The maximum Gasteiger partial charge on any atom is 0.266 e. The molecule has 1 aromatic heterocycles. The summed E-state index contributed by atoms with van der Waals surface area (Å²) in [4.78, 5) is 16.6. The molecule has 5 nitrogen and oxygen atoms in total. The Balaban J connectivity index is 1.65. The van der Waals surface area contributed by atoms with Crippen molar-refractivity contribution in [3.63, 3.8) is 0 Å². The summed E-state index contributed by atoms with van der Waals surface area (Å²) < 4.78 is 7.58. The monoisotopic (exact) mass is 523 g/mol. The van der Waals surface area contributed by atoms with Gasteiger partial charge in [0.1, 0.15) is 4.32 Å². The van der Waals surface area contributed by atoms with Crippen molar-refractivity contribution in [3.8, 4) is 16.9 Å². The molecule has 3 aromatic rings. The lowest BCUT2D eigenvalue weighted by Gasteiger charge is -2.13. The Morgan fingerprint density at radius 1 is 1.11 bits per heavy atom. The molecule has 1 amide bonds. The molecule has 35 heavy (non-hydrogen) atoms. The van der Waals surface area contributed by atoms with Gasteiger partial charge in [0.25, 0.3) is 5.91 Å². The number of aromatic nitrogens is 2. The Labute approximate surface area is 220 Å². The van der Waals surface area contributed by atoms with Crippen LogP contribution in [0.3, 0.4) is 0 Å². The number of carbonyl (C=O) groups excluding carboxylic acids is 1. The van der Waals surface area contributed by atoms with Gasteiger partial charge in [-0.15, -0.1) is 11.8 Å². The van der Waals surface area contributed by atoms with Gasteiger partial charge in [0, 0.05) is 42.5 Å². The third-order valence-corrected chi connectivity index (χ3v) is 8.02. The van der Waals surface area contributed by atoms with Crippen LogP contribution in [0.4, 0.5) is 0 Å². The van der Waals surface area contributed by atoms with Crippen molar-refractivity contribution >= 4 is 52.0 Å². The summed E-state index contributed by atoms with van der Waals surface area (Å²) >= 11 is 8.71. The van der Waals surface area contributed by atoms with Gasteiger partial charge in [-0.3, -0.25) is 9.69 Å². The number of unbranched alkanes of at least 4 members (excludes halogenated alkanes) is 1. The summed E-state index contributed by atoms with van der Waals surface area (Å²) in [7, 11) is 1.66. The van der Waals surface area contributed by atoms with Crippen LogP contribution in [-0.2, 0) is 9.53 Å². The zero-order valence-electron chi connectivity index (χ0n) is 20.0. The standard InChI is InChI=1S/C27H29N3O2S3/c1-3-4-17-34-23-13-11-20(12-14-23)25-21(19-30(28-25)22-9-6-5-7-10-22)18-24-26(31)29(27(33)35-24)15-8-16-32-2/h5-7,9-14,18-19H,3-4,8,15-17H2,1-2H3. The Morgan fingerprint density at radius 3 is 2.60 bits per heavy atom. The molecular formula is C27H29N3O2S3. The first-order valence-corrected chi connectivity index (χ1v) is 13.9. The molecule has 0 spiro atoms. The quantitative estimate of drug-likeness (QED) is 0.121. The fraction of sp³-hybridized carbons (Fsp3) is 0.296. The molecular weight excluding hydrogens is 495 g/mol. The van der Waals surface area contributed by atoms with E-state index in [1.807, 2.05) is 59.0 Å². The summed E-state index contributed by atoms with van der Waals surface area (Å²) in [5, 5.41) is 4.90. The van der Waals surface area contributed by atoms with E-state index in [9.17, 15) is 4.79 Å². The second kappa shape index (κ2) is 12.5. The van der Waals surface area contributed by atoms with Crippen LogP contribution in [0.25, 0.3) is 23.0 Å². The van der Waals surface area contributed by atoms with Gasteiger partial charge >= 0.3 is 0 Å². The number of carbonyl (C=O) groups is 1. The maximum absolute atomic E-state index is 13.1. The Hall–Kier alpha value is -2.39. The minimum Gasteiger partial charge on any atom is -0.385 e. The van der Waals surface area contributed by atoms with Crippen LogP contribution in [0, 0.1) is 0 Å². The highest BCUT2D eigenvalue weighted by atomic mass is 32.2. The van der Waals surface area contributed by atoms with Crippen LogP contribution in [-0.4, -0.2) is 50.9 Å². The summed E-state index contributed by atoms with van der Waals surface area (Å²) in [6.07, 6.45) is 7.05. The summed E-state index contributed by atoms with van der Waals surface area (Å²) in [5.74, 6) is 1.06. The molecule has 1 aliphatic rings. The Bertz CT molecular complexity index is 1190. The van der Waals surface area contributed by atoms with Crippen molar-refractivity contribution in [1.82, 2.24) is 14.7 Å². The van der Waals surface area contributed by atoms with Gasteiger partial charge in [-0.05, 0) is 48.9 Å². The minimum atomic E-state index is -0.0582. The number of thiocarbonyl (C=S) groups is 1. The van der Waals surface area contributed by atoms with Crippen molar-refractivity contribution in [2.24, 2.45) is 0 Å². The number of hydrogen-bond donors (Lipinski definition) is 0. The average Bonchev–Trinajstić information content (AvgIpc) is 3.41. The van der Waals surface area contributed by atoms with Crippen molar-refractivity contribution in [1.29, 1.82) is 0 Å². The highest BCUT2D eigenvalue weighted by Gasteiger charge is 2.32. The molecule has 0 unspecified atom stereocenters. The molecule has 4 rings (SSSR count). The first kappa shape index (κ1) is 25.7. The molecule has 1 saturated heterocycles. The van der Waals surface area contributed by atoms with Gasteiger partial charge in [0.05, 0.1) is 16.3 Å². The number of rotatable bonds is 11. The normalized spacial score (nSPS) is 14.9. The van der Waals surface area contributed by atoms with Crippen LogP contribution in [0.2, 0.25) is 0 Å². The summed E-state index contributed by atoms with van der Waals surface area (Å²) in [5.41, 5.74) is 3.70. The number of benzene rings is 2. The van der Waals surface area contributed by atoms with E-state index in [0.717, 1.165) is 34.7 Å². The fourth-order valence-electron chi connectivity index (χ4n) is 3.67. The van der Waals surface area contributed by atoms with E-state index in [0.29, 0.717) is 22.4 Å². The topological polar surface area (TPSA) is 47.4 Å². The molecule has 0 aliphatic carbocycles. The van der Waals surface area contributed by atoms with Crippen LogP contribution in [0.5, 0.6) is 0 Å². The van der Waals surface area contributed by atoms with Crippen molar-refractivity contribution in [2.75, 3.05) is 26.0 Å². The molecule has 1 fully saturated rings. The predicted molar refractivity (Wildman–Crippen MR) is 151 cm³/mol. The van der Waals surface area contributed by atoms with Gasteiger partial charge in [-0.25, -0.2) is 4.68 Å². The molecule has 0 radical (unpaired) electrons. The first-order chi connectivity index (χ1) is 17.1. The number of thioether (sulfide) groups is 2. The van der Waals surface area contributed by atoms with Crippen molar-refractivity contribution in [2.45, 2.75) is 31.1 Å². The molecule has 8 heteroatoms. The third-order valence-electron chi connectivity index (χ3n) is 5.55. The number of methoxy groups -OCH3 is 1. The lowest BCUT2D eigenvalue weighted by Crippen LogP contribution is -2.29. The van der Waals surface area contributed by atoms with Gasteiger partial charge in [0.15, 0.2) is 0 Å². The third kappa shape index (κ3) is 6.44. The van der Waals surface area contributed by atoms with E-state index in [4.69, 9.17) is 22.1 Å². The van der Waals surface area contributed by atoms with E-state index < -0.39 is 0 Å². The Morgan fingerprint density at radius 2 is 1.89 bits per heavy atom. The maximum atomic E-state index is 13.1. The van der Waals surface area contributed by atoms with Crippen LogP contribution in [0.15, 0.2) is 70.6 Å². The molecule has 2 aromatic carbocycles. The lowest BCUT2D eigenvalue weighted by atomic mass is 10.1. The van der Waals surface area contributed by atoms with E-state index in [1.165, 1.54) is 29.5 Å². The predicted octanol–water partition coefficient (Wildman–Crippen LogP) is 6.67. The van der Waals surface area contributed by atoms with E-state index in [-0.39, 0.29) is 5.91 Å². The second-order valence-corrected chi connectivity index (χ2v) is 11.0. The first-order valence-electron chi connectivity index (χ1n) is 11.7. The largest absolute Gasteiger partial charge is 0.385 e. The lowest BCUT2D eigenvalue weighted by molar-refractivity contribution is -0.122. The highest BCUT2D eigenvalue weighted by Crippen LogP contribution is 2.35. The van der Waals surface area contributed by atoms with E-state index in [2.05, 4.69) is 31.2 Å². The molecule has 0 atom stereocenters. The number of amides is 1. The molecule has 0 bridgehead atoms. The average molecular weight is 524 g/mol. The zero-order chi connectivity index (χ0) is 24.6. The highest BCUT2D eigenvalue weighted by molar-refractivity contribution is 8.26. The van der Waals surface area contributed by atoms with E-state index in [1.54, 1.807) is 12.0 Å². The zero-order valence-corrected chi connectivity index (χ0v) is 22.4. The summed E-state index contributed by atoms with van der Waals surface area (Å²) in [6.45, 7) is 3.36. The molecule has 0 saturated carbocycles. The molecule has 2 heterocycles. The fourth-order valence-corrected chi connectivity index (χ4v) is 5.97. The minimum absolute atomic E-state index is 0.0582. The number of ether oxygens (including phenoxy) is 1. The smallest absolute Gasteiger partial charge is 0.266 e. The van der Waals surface area contributed by atoms with Gasteiger partial charge < -0.3 is 4.74 Å². The summed E-state index contributed by atoms with van der Waals surface area (Å²) in [6, 6.07) is 18.5. The number of para-hydroxylation sites is 1. The van der Waals surface area contributed by atoms with Crippen LogP contribution in [0.1, 0.15) is 31.7 Å². The molecule has 182 valence electrons. The SMILES string of the molecule is CCCCSc1ccc(-c2nn(-c3ccccc3)cc2C=C2SC(=S)N(CCCOC)C2=O)cc1. The van der Waals surface area contributed by atoms with Crippen molar-refractivity contribution in [3.05, 3.63) is 71.3 Å². The van der Waals surface area contributed by atoms with Crippen molar-refractivity contribution < 1.29 is 9.53 Å². The van der Waals surface area contributed by atoms with Crippen LogP contribution < -0.4 is 0 Å². The number of nitrogens with zero attached hydrogens (tertiary/aromatic N) is 3. The van der Waals surface area contributed by atoms with Gasteiger partial charge in [0.2, 0.25) is 0 Å². The molecule has 1 aliphatic heterocycles. The van der Waals surface area contributed by atoms with Gasteiger partial charge in [-0.2, -0.15) is 5.10 Å².